The first-order valence-electron chi connectivity index (χ1n) is 4.38. The highest BCUT2D eigenvalue weighted by Crippen LogP contribution is 1.80. The molecule has 0 fully saturated rings. The molecule has 1 unspecified atom stereocenters. The molecule has 15 heavy (non-hydrogen) atoms. The lowest BCUT2D eigenvalue weighted by atomic mass is 10.3. The Morgan fingerprint density at radius 3 is 2.67 bits per heavy atom. The summed E-state index contributed by atoms with van der Waals surface area (Å²) in [7, 11) is 1.52. The number of amides is 2. The number of carbonyl (C=O) groups is 2. The van der Waals surface area contributed by atoms with E-state index in [9.17, 15) is 9.59 Å². The third-order valence-corrected chi connectivity index (χ3v) is 1.49. The maximum Gasteiger partial charge on any atom is 0.248 e. The second-order valence-corrected chi connectivity index (χ2v) is 2.77. The van der Waals surface area contributed by atoms with Crippen LogP contribution in [0, 0.1) is 0 Å². The third-order valence-electron chi connectivity index (χ3n) is 1.49. The van der Waals surface area contributed by atoms with Gasteiger partial charge in [0.25, 0.3) is 0 Å². The van der Waals surface area contributed by atoms with Gasteiger partial charge in [0.1, 0.15) is 12.7 Å². The van der Waals surface area contributed by atoms with E-state index in [1.165, 1.54) is 7.11 Å². The van der Waals surface area contributed by atoms with E-state index in [4.69, 9.17) is 20.3 Å². The van der Waals surface area contributed by atoms with Crippen LogP contribution in [0.5, 0.6) is 0 Å². The van der Waals surface area contributed by atoms with Gasteiger partial charge in [-0.2, -0.15) is 0 Å². The van der Waals surface area contributed by atoms with Gasteiger partial charge >= 0.3 is 0 Å². The third kappa shape index (κ3) is 7.86. The summed E-state index contributed by atoms with van der Waals surface area (Å²) in [6.45, 7) is 0.357. The molecule has 0 aliphatic heterocycles. The predicted octanol–water partition coefficient (Wildman–Crippen LogP) is -2.39. The van der Waals surface area contributed by atoms with Crippen LogP contribution < -0.4 is 11.1 Å². The lowest BCUT2D eigenvalue weighted by molar-refractivity contribution is -0.129. The Bertz CT molecular complexity index is 209. The van der Waals surface area contributed by atoms with Crippen LogP contribution in [0.25, 0.3) is 0 Å². The summed E-state index contributed by atoms with van der Waals surface area (Å²) in [6, 6.07) is 0. The Morgan fingerprint density at radius 2 is 2.13 bits per heavy atom. The van der Waals surface area contributed by atoms with Crippen molar-refractivity contribution in [2.45, 2.75) is 6.10 Å². The normalized spacial score (nSPS) is 12.1. The summed E-state index contributed by atoms with van der Waals surface area (Å²) in [6.07, 6.45) is -1.37. The fourth-order valence-electron chi connectivity index (χ4n) is 0.669. The molecule has 0 aromatic rings. The zero-order valence-corrected chi connectivity index (χ0v) is 8.56. The molecule has 0 saturated heterocycles. The maximum atomic E-state index is 11.0. The molecule has 2 amide bonds. The average molecular weight is 220 g/mol. The van der Waals surface area contributed by atoms with E-state index in [1.54, 1.807) is 0 Å². The summed E-state index contributed by atoms with van der Waals surface area (Å²) < 4.78 is 9.59. The number of ether oxygens (including phenoxy) is 2. The number of aliphatic hydroxyl groups is 1. The van der Waals surface area contributed by atoms with E-state index in [0.717, 1.165) is 0 Å². The molecule has 0 aromatic heterocycles. The summed E-state index contributed by atoms with van der Waals surface area (Å²) in [5.41, 5.74) is 4.77. The molecular formula is C8H16N2O5. The van der Waals surface area contributed by atoms with Crippen molar-refractivity contribution in [3.05, 3.63) is 0 Å². The number of hydrogen-bond acceptors (Lipinski definition) is 5. The van der Waals surface area contributed by atoms with Gasteiger partial charge in [-0.1, -0.05) is 0 Å². The SMILES string of the molecule is COCCOCC(=O)NCC(O)C(N)=O. The number of nitrogens with two attached hydrogens (primary N) is 1. The summed E-state index contributed by atoms with van der Waals surface area (Å²) >= 11 is 0. The van der Waals surface area contributed by atoms with Crippen LogP contribution in [-0.2, 0) is 19.1 Å². The maximum absolute atomic E-state index is 11.0. The van der Waals surface area contributed by atoms with Gasteiger partial charge < -0.3 is 25.6 Å². The molecule has 4 N–H and O–H groups in total. The van der Waals surface area contributed by atoms with Crippen molar-refractivity contribution in [2.75, 3.05) is 33.5 Å². The minimum atomic E-state index is -1.37. The first-order valence-corrected chi connectivity index (χ1v) is 4.38. The second kappa shape index (κ2) is 8.16. The molecule has 0 saturated carbocycles. The van der Waals surface area contributed by atoms with Crippen LogP contribution in [0.2, 0.25) is 0 Å². The first kappa shape index (κ1) is 13.8. The van der Waals surface area contributed by atoms with Crippen molar-refractivity contribution < 1.29 is 24.2 Å². The molecule has 88 valence electrons. The molecular weight excluding hydrogens is 204 g/mol. The zero-order chi connectivity index (χ0) is 11.7. The molecule has 0 aromatic carbocycles. The van der Waals surface area contributed by atoms with Crippen molar-refractivity contribution >= 4 is 11.8 Å². The van der Waals surface area contributed by atoms with Gasteiger partial charge in [-0.3, -0.25) is 9.59 Å². The number of primary amides is 1. The fourth-order valence-corrected chi connectivity index (χ4v) is 0.669. The lowest BCUT2D eigenvalue weighted by Crippen LogP contribution is -2.41. The average Bonchev–Trinajstić information content (AvgIpc) is 2.20. The highest BCUT2D eigenvalue weighted by molar-refractivity contribution is 5.81. The topological polar surface area (TPSA) is 111 Å². The van der Waals surface area contributed by atoms with E-state index >= 15 is 0 Å². The molecule has 0 aliphatic carbocycles. The zero-order valence-electron chi connectivity index (χ0n) is 8.56. The van der Waals surface area contributed by atoms with Crippen LogP contribution in [0.1, 0.15) is 0 Å². The monoisotopic (exact) mass is 220 g/mol. The van der Waals surface area contributed by atoms with Gasteiger partial charge in [0.15, 0.2) is 0 Å². The fraction of sp³-hybridized carbons (Fsp3) is 0.750. The Kier molecular flexibility index (Phi) is 7.51. The predicted molar refractivity (Wildman–Crippen MR) is 50.9 cm³/mol. The van der Waals surface area contributed by atoms with Crippen LogP contribution in [0.15, 0.2) is 0 Å². The molecule has 7 nitrogen and oxygen atoms in total. The van der Waals surface area contributed by atoms with Crippen molar-refractivity contribution in [3.8, 4) is 0 Å². The number of aliphatic hydroxyl groups excluding tert-OH is 1. The van der Waals surface area contributed by atoms with E-state index in [0.29, 0.717) is 13.2 Å². The smallest absolute Gasteiger partial charge is 0.248 e. The molecule has 0 heterocycles. The summed E-state index contributed by atoms with van der Waals surface area (Å²) in [5, 5.41) is 11.2. The summed E-state index contributed by atoms with van der Waals surface area (Å²) in [4.78, 5) is 21.4. The standard InChI is InChI=1S/C8H16N2O5/c1-14-2-3-15-5-7(12)10-4-6(11)8(9)13/h6,11H,2-5H2,1H3,(H2,9,13)(H,10,12). The van der Waals surface area contributed by atoms with Gasteiger partial charge in [-0.15, -0.1) is 0 Å². The molecule has 0 rings (SSSR count). The molecule has 7 heteroatoms. The van der Waals surface area contributed by atoms with Crippen molar-refractivity contribution in [2.24, 2.45) is 5.73 Å². The Morgan fingerprint density at radius 1 is 1.47 bits per heavy atom. The number of nitrogens with one attached hydrogen (secondary N) is 1. The number of carbonyl (C=O) groups excluding carboxylic acids is 2. The van der Waals surface area contributed by atoms with Crippen LogP contribution in [0.4, 0.5) is 0 Å². The number of methoxy groups -OCH3 is 1. The van der Waals surface area contributed by atoms with Gasteiger partial charge in [0, 0.05) is 7.11 Å². The highest BCUT2D eigenvalue weighted by atomic mass is 16.5. The van der Waals surface area contributed by atoms with Crippen molar-refractivity contribution in [3.63, 3.8) is 0 Å². The van der Waals surface area contributed by atoms with Crippen molar-refractivity contribution in [1.82, 2.24) is 5.32 Å². The second-order valence-electron chi connectivity index (χ2n) is 2.77. The first-order chi connectivity index (χ1) is 7.07. The molecule has 0 radical (unpaired) electrons. The van der Waals surface area contributed by atoms with Gasteiger partial charge in [-0.25, -0.2) is 0 Å². The highest BCUT2D eigenvalue weighted by Gasteiger charge is 2.11. The minimum absolute atomic E-state index is 0.144. The largest absolute Gasteiger partial charge is 0.382 e. The molecule has 0 spiro atoms. The molecule has 0 aliphatic rings. The van der Waals surface area contributed by atoms with E-state index in [1.807, 2.05) is 0 Å². The molecule has 1 atom stereocenters. The van der Waals surface area contributed by atoms with Gasteiger partial charge in [0.05, 0.1) is 19.8 Å². The van der Waals surface area contributed by atoms with Crippen LogP contribution in [-0.4, -0.2) is 56.5 Å². The van der Waals surface area contributed by atoms with Gasteiger partial charge in [0.2, 0.25) is 11.8 Å². The van der Waals surface area contributed by atoms with E-state index in [-0.39, 0.29) is 13.2 Å². The van der Waals surface area contributed by atoms with E-state index < -0.39 is 17.9 Å². The Balaban J connectivity index is 3.45. The quantitative estimate of drug-likeness (QED) is 0.395. The van der Waals surface area contributed by atoms with E-state index in [2.05, 4.69) is 5.32 Å². The Labute approximate surface area is 87.5 Å². The Hall–Kier alpha value is -1.18. The lowest BCUT2D eigenvalue weighted by Gasteiger charge is -2.08. The molecule has 0 bridgehead atoms. The number of rotatable bonds is 8. The van der Waals surface area contributed by atoms with Crippen molar-refractivity contribution in [1.29, 1.82) is 0 Å². The van der Waals surface area contributed by atoms with Crippen LogP contribution >= 0.6 is 0 Å². The van der Waals surface area contributed by atoms with Gasteiger partial charge in [-0.05, 0) is 0 Å². The van der Waals surface area contributed by atoms with Crippen LogP contribution in [0.3, 0.4) is 0 Å². The number of hydrogen-bond donors (Lipinski definition) is 3. The minimum Gasteiger partial charge on any atom is -0.382 e. The summed E-state index contributed by atoms with van der Waals surface area (Å²) in [5.74, 6) is -1.30.